The molecule has 3 heteroatoms. The highest BCUT2D eigenvalue weighted by Crippen LogP contribution is 2.40. The average Bonchev–Trinajstić information content (AvgIpc) is 2.61. The molecule has 0 aromatic heterocycles. The van der Waals surface area contributed by atoms with Crippen molar-refractivity contribution >= 4 is 5.69 Å². The van der Waals surface area contributed by atoms with Crippen LogP contribution in [0.25, 0.3) is 0 Å². The van der Waals surface area contributed by atoms with Gasteiger partial charge in [0, 0.05) is 18.7 Å². The van der Waals surface area contributed by atoms with Crippen molar-refractivity contribution in [2.24, 2.45) is 0 Å². The molecular formula is C13H16FNO. The Hall–Kier alpha value is -1.09. The first kappa shape index (κ1) is 10.1. The first-order chi connectivity index (χ1) is 7.70. The van der Waals surface area contributed by atoms with Gasteiger partial charge in [-0.15, -0.1) is 0 Å². The fourth-order valence-electron chi connectivity index (χ4n) is 2.71. The molecule has 1 aromatic rings. The molecule has 2 heterocycles. The van der Waals surface area contributed by atoms with E-state index >= 15 is 0 Å². The van der Waals surface area contributed by atoms with Crippen LogP contribution in [0.1, 0.15) is 17.5 Å². The van der Waals surface area contributed by atoms with E-state index in [0.717, 1.165) is 18.5 Å². The van der Waals surface area contributed by atoms with Crippen LogP contribution < -0.4 is 5.32 Å². The Labute approximate surface area is 94.8 Å². The SMILES string of the molecule is Cc1ccc2c(c1)NC1(CCOCC1F)C2. The molecule has 1 aromatic carbocycles. The first-order valence-corrected chi connectivity index (χ1v) is 5.79. The number of halogens is 1. The predicted octanol–water partition coefficient (Wildman–Crippen LogP) is 2.46. The van der Waals surface area contributed by atoms with Crippen LogP contribution in [0.5, 0.6) is 0 Å². The van der Waals surface area contributed by atoms with Gasteiger partial charge < -0.3 is 10.1 Å². The predicted molar refractivity (Wildman–Crippen MR) is 61.6 cm³/mol. The second-order valence-electron chi connectivity index (χ2n) is 4.91. The summed E-state index contributed by atoms with van der Waals surface area (Å²) in [5.74, 6) is 0. The van der Waals surface area contributed by atoms with Crippen LogP contribution in [0, 0.1) is 6.92 Å². The summed E-state index contributed by atoms with van der Waals surface area (Å²) in [6.07, 6.45) is 0.628. The highest BCUT2D eigenvalue weighted by molar-refractivity contribution is 5.61. The minimum absolute atomic E-state index is 0.222. The summed E-state index contributed by atoms with van der Waals surface area (Å²) in [4.78, 5) is 0. The van der Waals surface area contributed by atoms with Gasteiger partial charge in [0.2, 0.25) is 0 Å². The van der Waals surface area contributed by atoms with Crippen molar-refractivity contribution in [3.05, 3.63) is 29.3 Å². The number of ether oxygens (including phenoxy) is 1. The van der Waals surface area contributed by atoms with Crippen LogP contribution in [0.4, 0.5) is 10.1 Å². The Kier molecular flexibility index (Phi) is 2.18. The summed E-state index contributed by atoms with van der Waals surface area (Å²) in [6.45, 7) is 2.93. The number of rotatable bonds is 0. The van der Waals surface area contributed by atoms with Gasteiger partial charge in [0.05, 0.1) is 12.1 Å². The van der Waals surface area contributed by atoms with E-state index < -0.39 is 11.7 Å². The molecule has 2 aliphatic rings. The lowest BCUT2D eigenvalue weighted by Gasteiger charge is -2.37. The van der Waals surface area contributed by atoms with Crippen molar-refractivity contribution in [1.82, 2.24) is 0 Å². The molecule has 2 unspecified atom stereocenters. The number of benzene rings is 1. The molecule has 2 atom stereocenters. The van der Waals surface area contributed by atoms with Crippen LogP contribution in [-0.2, 0) is 11.2 Å². The molecule has 0 aliphatic carbocycles. The van der Waals surface area contributed by atoms with E-state index in [1.807, 2.05) is 0 Å². The number of hydrogen-bond donors (Lipinski definition) is 1. The Morgan fingerprint density at radius 1 is 1.50 bits per heavy atom. The summed E-state index contributed by atoms with van der Waals surface area (Å²) in [5, 5.41) is 3.39. The Balaban J connectivity index is 1.93. The minimum Gasteiger partial charge on any atom is -0.378 e. The summed E-state index contributed by atoms with van der Waals surface area (Å²) in [5.41, 5.74) is 3.14. The second-order valence-corrected chi connectivity index (χ2v) is 4.91. The molecule has 0 bridgehead atoms. The van der Waals surface area contributed by atoms with Gasteiger partial charge in [-0.05, 0) is 30.5 Å². The molecule has 1 N–H and O–H groups in total. The molecule has 1 spiro atoms. The van der Waals surface area contributed by atoms with Gasteiger partial charge in [-0.1, -0.05) is 12.1 Å². The van der Waals surface area contributed by atoms with Gasteiger partial charge in [-0.25, -0.2) is 4.39 Å². The number of hydrogen-bond acceptors (Lipinski definition) is 2. The van der Waals surface area contributed by atoms with Gasteiger partial charge in [0.15, 0.2) is 0 Å². The van der Waals surface area contributed by atoms with Gasteiger partial charge in [-0.2, -0.15) is 0 Å². The largest absolute Gasteiger partial charge is 0.378 e. The van der Waals surface area contributed by atoms with Crippen molar-refractivity contribution in [3.63, 3.8) is 0 Å². The third-order valence-corrected chi connectivity index (χ3v) is 3.71. The number of aryl methyl sites for hydroxylation is 1. The number of alkyl halides is 1. The molecule has 2 nitrogen and oxygen atoms in total. The first-order valence-electron chi connectivity index (χ1n) is 5.79. The zero-order chi connectivity index (χ0) is 11.2. The summed E-state index contributed by atoms with van der Waals surface area (Å²) < 4.78 is 19.2. The molecule has 0 saturated carbocycles. The van der Waals surface area contributed by atoms with Crippen LogP contribution in [-0.4, -0.2) is 24.9 Å². The van der Waals surface area contributed by atoms with E-state index in [9.17, 15) is 4.39 Å². The molecule has 3 rings (SSSR count). The van der Waals surface area contributed by atoms with E-state index in [-0.39, 0.29) is 6.61 Å². The molecule has 2 aliphatic heterocycles. The van der Waals surface area contributed by atoms with Crippen molar-refractivity contribution < 1.29 is 9.13 Å². The maximum absolute atomic E-state index is 14.0. The fourth-order valence-corrected chi connectivity index (χ4v) is 2.71. The van der Waals surface area contributed by atoms with E-state index in [0.29, 0.717) is 6.61 Å². The van der Waals surface area contributed by atoms with E-state index in [1.54, 1.807) is 0 Å². The quantitative estimate of drug-likeness (QED) is 0.726. The smallest absolute Gasteiger partial charge is 0.147 e. The monoisotopic (exact) mass is 221 g/mol. The lowest BCUT2D eigenvalue weighted by atomic mass is 9.85. The highest BCUT2D eigenvalue weighted by atomic mass is 19.1. The van der Waals surface area contributed by atoms with Gasteiger partial charge >= 0.3 is 0 Å². The molecule has 86 valence electrons. The Morgan fingerprint density at radius 3 is 3.19 bits per heavy atom. The van der Waals surface area contributed by atoms with Crippen molar-refractivity contribution in [2.45, 2.75) is 31.5 Å². The number of anilines is 1. The molecule has 1 saturated heterocycles. The van der Waals surface area contributed by atoms with Gasteiger partial charge in [0.1, 0.15) is 6.17 Å². The van der Waals surface area contributed by atoms with Crippen LogP contribution in [0.3, 0.4) is 0 Å². The van der Waals surface area contributed by atoms with Crippen LogP contribution in [0.2, 0.25) is 0 Å². The summed E-state index contributed by atoms with van der Waals surface area (Å²) in [6, 6.07) is 6.30. The molecule has 16 heavy (non-hydrogen) atoms. The number of nitrogens with one attached hydrogen (secondary N) is 1. The Bertz CT molecular complexity index is 420. The lowest BCUT2D eigenvalue weighted by molar-refractivity contribution is -0.00544. The van der Waals surface area contributed by atoms with Crippen molar-refractivity contribution in [2.75, 3.05) is 18.5 Å². The van der Waals surface area contributed by atoms with E-state index in [2.05, 4.69) is 30.4 Å². The van der Waals surface area contributed by atoms with Crippen molar-refractivity contribution in [3.8, 4) is 0 Å². The van der Waals surface area contributed by atoms with E-state index in [1.165, 1.54) is 11.1 Å². The molecular weight excluding hydrogens is 205 g/mol. The van der Waals surface area contributed by atoms with Gasteiger partial charge in [0.25, 0.3) is 0 Å². The van der Waals surface area contributed by atoms with Gasteiger partial charge in [-0.3, -0.25) is 0 Å². The third-order valence-electron chi connectivity index (χ3n) is 3.71. The van der Waals surface area contributed by atoms with Crippen molar-refractivity contribution in [1.29, 1.82) is 0 Å². The summed E-state index contributed by atoms with van der Waals surface area (Å²) >= 11 is 0. The maximum atomic E-state index is 14.0. The zero-order valence-corrected chi connectivity index (χ0v) is 9.42. The summed E-state index contributed by atoms with van der Waals surface area (Å²) in [7, 11) is 0. The molecule has 0 amide bonds. The highest BCUT2D eigenvalue weighted by Gasteiger charge is 2.45. The zero-order valence-electron chi connectivity index (χ0n) is 9.42. The molecule has 1 fully saturated rings. The van der Waals surface area contributed by atoms with Crippen LogP contribution >= 0.6 is 0 Å². The normalized spacial score (nSPS) is 32.5. The van der Waals surface area contributed by atoms with Crippen LogP contribution in [0.15, 0.2) is 18.2 Å². The Morgan fingerprint density at radius 2 is 2.38 bits per heavy atom. The minimum atomic E-state index is -0.908. The topological polar surface area (TPSA) is 21.3 Å². The third kappa shape index (κ3) is 1.42. The lowest BCUT2D eigenvalue weighted by Crippen LogP contribution is -2.52. The fraction of sp³-hybridized carbons (Fsp3) is 0.538. The second kappa shape index (κ2) is 3.45. The van der Waals surface area contributed by atoms with E-state index in [4.69, 9.17) is 4.74 Å². The maximum Gasteiger partial charge on any atom is 0.147 e. The average molecular weight is 221 g/mol. The molecule has 0 radical (unpaired) electrons. The standard InChI is InChI=1S/C13H16FNO/c1-9-2-3-10-7-13(15-11(10)6-9)4-5-16-8-12(13)14/h2-3,6,12,15H,4-5,7-8H2,1H3. The number of fused-ring (bicyclic) bond motifs is 1.